The van der Waals surface area contributed by atoms with Crippen LogP contribution in [-0.4, -0.2) is 15.1 Å². The molecule has 23 heavy (non-hydrogen) atoms. The van der Waals surface area contributed by atoms with E-state index in [2.05, 4.69) is 47.3 Å². The first-order valence-corrected chi connectivity index (χ1v) is 7.49. The second-order valence-electron chi connectivity index (χ2n) is 5.77. The molecule has 0 saturated carbocycles. The lowest BCUT2D eigenvalue weighted by Gasteiger charge is -2.09. The van der Waals surface area contributed by atoms with E-state index in [0.717, 1.165) is 22.5 Å². The molecule has 0 saturated heterocycles. The summed E-state index contributed by atoms with van der Waals surface area (Å²) in [7, 11) is 0. The van der Waals surface area contributed by atoms with Crippen molar-refractivity contribution in [3.05, 3.63) is 65.4 Å². The van der Waals surface area contributed by atoms with Crippen LogP contribution in [0.15, 0.2) is 48.7 Å². The molecule has 3 aromatic rings. The molecule has 0 radical (unpaired) electrons. The number of nitrogens with one attached hydrogen (secondary N) is 1. The Kier molecular flexibility index (Phi) is 3.98. The fraction of sp³-hybridized carbons (Fsp3) is 0.158. The van der Waals surface area contributed by atoms with E-state index in [-0.39, 0.29) is 5.75 Å². The number of aromatic nitrogens is 2. The number of hydrogen-bond donors (Lipinski definition) is 2. The molecule has 0 aliphatic carbocycles. The Morgan fingerprint density at radius 2 is 1.65 bits per heavy atom. The molecular formula is C19H19N3O. The molecule has 4 nitrogen and oxygen atoms in total. The van der Waals surface area contributed by atoms with Gasteiger partial charge >= 0.3 is 0 Å². The van der Waals surface area contributed by atoms with Crippen molar-refractivity contribution in [3.63, 3.8) is 0 Å². The summed E-state index contributed by atoms with van der Waals surface area (Å²) < 4.78 is 0. The predicted octanol–water partition coefficient (Wildman–Crippen LogP) is 4.52. The molecule has 2 aromatic carbocycles. The summed E-state index contributed by atoms with van der Waals surface area (Å²) in [5.74, 6) is 0.842. The van der Waals surface area contributed by atoms with E-state index >= 15 is 0 Å². The minimum absolute atomic E-state index is 0.288. The average Bonchev–Trinajstić information content (AvgIpc) is 2.49. The molecule has 116 valence electrons. The molecule has 4 heteroatoms. The summed E-state index contributed by atoms with van der Waals surface area (Å²) in [6.07, 6.45) is 1.73. The van der Waals surface area contributed by atoms with Crippen molar-refractivity contribution in [1.29, 1.82) is 0 Å². The number of rotatable bonds is 3. The van der Waals surface area contributed by atoms with Crippen LogP contribution in [0, 0.1) is 20.8 Å². The first-order valence-electron chi connectivity index (χ1n) is 7.49. The molecule has 1 heterocycles. The second kappa shape index (κ2) is 6.08. The van der Waals surface area contributed by atoms with Crippen LogP contribution in [0.1, 0.15) is 16.7 Å². The highest BCUT2D eigenvalue weighted by atomic mass is 16.3. The number of benzene rings is 2. The van der Waals surface area contributed by atoms with E-state index in [9.17, 15) is 5.11 Å². The van der Waals surface area contributed by atoms with E-state index in [1.807, 2.05) is 25.1 Å². The lowest BCUT2D eigenvalue weighted by Crippen LogP contribution is -1.98. The van der Waals surface area contributed by atoms with Crippen LogP contribution in [0.2, 0.25) is 0 Å². The summed E-state index contributed by atoms with van der Waals surface area (Å²) in [4.78, 5) is 8.85. The SMILES string of the molecule is Cc1cc(C)cc(Nc2nccc(-c3ccc(O)c(C)c3)n2)c1. The largest absolute Gasteiger partial charge is 0.508 e. The molecule has 0 aliphatic rings. The zero-order valence-electron chi connectivity index (χ0n) is 13.5. The van der Waals surface area contributed by atoms with E-state index < -0.39 is 0 Å². The quantitative estimate of drug-likeness (QED) is 0.747. The van der Waals surface area contributed by atoms with Gasteiger partial charge in [-0.1, -0.05) is 6.07 Å². The van der Waals surface area contributed by atoms with Crippen molar-refractivity contribution in [3.8, 4) is 17.0 Å². The topological polar surface area (TPSA) is 58.0 Å². The van der Waals surface area contributed by atoms with Crippen molar-refractivity contribution in [2.24, 2.45) is 0 Å². The van der Waals surface area contributed by atoms with Crippen molar-refractivity contribution < 1.29 is 5.11 Å². The van der Waals surface area contributed by atoms with Crippen LogP contribution >= 0.6 is 0 Å². The van der Waals surface area contributed by atoms with Gasteiger partial charge in [0.1, 0.15) is 5.75 Å². The maximum atomic E-state index is 9.65. The average molecular weight is 305 g/mol. The summed E-state index contributed by atoms with van der Waals surface area (Å²) in [5.41, 5.74) is 5.95. The minimum Gasteiger partial charge on any atom is -0.508 e. The predicted molar refractivity (Wildman–Crippen MR) is 93.1 cm³/mol. The van der Waals surface area contributed by atoms with Gasteiger partial charge in [0, 0.05) is 17.4 Å². The zero-order valence-corrected chi connectivity index (χ0v) is 13.5. The van der Waals surface area contributed by atoms with Crippen molar-refractivity contribution >= 4 is 11.6 Å². The van der Waals surface area contributed by atoms with Gasteiger partial charge in [-0.05, 0) is 73.9 Å². The van der Waals surface area contributed by atoms with Gasteiger partial charge in [-0.3, -0.25) is 0 Å². The maximum Gasteiger partial charge on any atom is 0.227 e. The van der Waals surface area contributed by atoms with Gasteiger partial charge in [-0.15, -0.1) is 0 Å². The Hall–Kier alpha value is -2.88. The fourth-order valence-electron chi connectivity index (χ4n) is 2.57. The smallest absolute Gasteiger partial charge is 0.227 e. The molecule has 2 N–H and O–H groups in total. The van der Waals surface area contributed by atoms with Crippen molar-refractivity contribution in [2.75, 3.05) is 5.32 Å². The Labute approximate surface area is 135 Å². The zero-order chi connectivity index (χ0) is 16.4. The Balaban J connectivity index is 1.91. The summed E-state index contributed by atoms with van der Waals surface area (Å²) in [5, 5.41) is 12.9. The number of hydrogen-bond acceptors (Lipinski definition) is 4. The van der Waals surface area contributed by atoms with Gasteiger partial charge in [-0.2, -0.15) is 0 Å². The third-order valence-corrected chi connectivity index (χ3v) is 3.63. The first kappa shape index (κ1) is 15.0. The minimum atomic E-state index is 0.288. The molecule has 0 aliphatic heterocycles. The molecule has 0 amide bonds. The Bertz CT molecular complexity index is 839. The molecular weight excluding hydrogens is 286 g/mol. The second-order valence-corrected chi connectivity index (χ2v) is 5.77. The molecule has 0 fully saturated rings. The van der Waals surface area contributed by atoms with Crippen LogP contribution in [0.4, 0.5) is 11.6 Å². The van der Waals surface area contributed by atoms with Crippen LogP contribution in [0.5, 0.6) is 5.75 Å². The number of nitrogens with zero attached hydrogens (tertiary/aromatic N) is 2. The summed E-state index contributed by atoms with van der Waals surface area (Å²) in [6.45, 7) is 6.00. The lowest BCUT2D eigenvalue weighted by atomic mass is 10.1. The normalized spacial score (nSPS) is 10.6. The summed E-state index contributed by atoms with van der Waals surface area (Å²) >= 11 is 0. The third-order valence-electron chi connectivity index (χ3n) is 3.63. The molecule has 3 rings (SSSR count). The summed E-state index contributed by atoms with van der Waals surface area (Å²) in [6, 6.07) is 13.6. The third kappa shape index (κ3) is 3.48. The van der Waals surface area contributed by atoms with Gasteiger partial charge in [0.25, 0.3) is 0 Å². The molecule has 0 bridgehead atoms. The number of aromatic hydroxyl groups is 1. The van der Waals surface area contributed by atoms with Crippen LogP contribution in [-0.2, 0) is 0 Å². The van der Waals surface area contributed by atoms with Crippen LogP contribution in [0.25, 0.3) is 11.3 Å². The van der Waals surface area contributed by atoms with Gasteiger partial charge in [0.15, 0.2) is 0 Å². The fourth-order valence-corrected chi connectivity index (χ4v) is 2.57. The van der Waals surface area contributed by atoms with Crippen LogP contribution < -0.4 is 5.32 Å². The first-order chi connectivity index (χ1) is 11.0. The van der Waals surface area contributed by atoms with Gasteiger partial charge in [-0.25, -0.2) is 9.97 Å². The monoisotopic (exact) mass is 305 g/mol. The van der Waals surface area contributed by atoms with Crippen LogP contribution in [0.3, 0.4) is 0 Å². The maximum absolute atomic E-state index is 9.65. The number of phenolic OH excluding ortho intramolecular Hbond substituents is 1. The molecule has 0 unspecified atom stereocenters. The van der Waals surface area contributed by atoms with Crippen molar-refractivity contribution in [2.45, 2.75) is 20.8 Å². The molecule has 0 spiro atoms. The highest BCUT2D eigenvalue weighted by Gasteiger charge is 2.05. The number of phenols is 1. The molecule has 1 aromatic heterocycles. The van der Waals surface area contributed by atoms with E-state index in [4.69, 9.17) is 0 Å². The van der Waals surface area contributed by atoms with Gasteiger partial charge in [0.2, 0.25) is 5.95 Å². The van der Waals surface area contributed by atoms with Gasteiger partial charge in [0.05, 0.1) is 5.69 Å². The van der Waals surface area contributed by atoms with E-state index in [1.165, 1.54) is 11.1 Å². The Morgan fingerprint density at radius 3 is 2.35 bits per heavy atom. The highest BCUT2D eigenvalue weighted by molar-refractivity contribution is 5.64. The standard InChI is InChI=1S/C19H19N3O/c1-12-8-13(2)10-16(9-12)21-19-20-7-6-17(22-19)15-4-5-18(23)14(3)11-15/h4-11,23H,1-3H3,(H,20,21,22). The van der Waals surface area contributed by atoms with E-state index in [1.54, 1.807) is 12.3 Å². The van der Waals surface area contributed by atoms with Gasteiger partial charge < -0.3 is 10.4 Å². The highest BCUT2D eigenvalue weighted by Crippen LogP contribution is 2.25. The number of anilines is 2. The van der Waals surface area contributed by atoms with E-state index in [0.29, 0.717) is 5.95 Å². The lowest BCUT2D eigenvalue weighted by molar-refractivity contribution is 0.471. The Morgan fingerprint density at radius 1 is 0.913 bits per heavy atom. The van der Waals surface area contributed by atoms with Crippen molar-refractivity contribution in [1.82, 2.24) is 9.97 Å². The molecule has 0 atom stereocenters. The number of aryl methyl sites for hydroxylation is 3.